The Bertz CT molecular complexity index is 1020. The molecule has 0 spiro atoms. The number of aliphatic carboxylic acids is 1. The van der Waals surface area contributed by atoms with Crippen LogP contribution in [-0.4, -0.2) is 33.9 Å². The first-order valence-corrected chi connectivity index (χ1v) is 9.54. The van der Waals surface area contributed by atoms with Gasteiger partial charge in [-0.15, -0.1) is 12.4 Å². The molecule has 0 saturated heterocycles. The molecule has 0 radical (unpaired) electrons. The number of halogens is 2. The molecule has 0 aliphatic heterocycles. The summed E-state index contributed by atoms with van der Waals surface area (Å²) < 4.78 is 11.2. The standard InChI is InChI=1S/C21H22ClN3O4.ClH/c1-12(2)28-18-7-5-15(8-13(18)3)21-24-20(25-29-21)16-6-4-14(9-17(16)22)10-23-11-19(26)27;/h4-9,12,23H,10-11H2,1-3H3,(H,26,27);1H. The van der Waals surface area contributed by atoms with Crippen LogP contribution in [0.1, 0.15) is 25.0 Å². The number of aromatic nitrogens is 2. The van der Waals surface area contributed by atoms with Crippen molar-refractivity contribution in [2.75, 3.05) is 6.54 Å². The third kappa shape index (κ3) is 5.95. The summed E-state index contributed by atoms with van der Waals surface area (Å²) in [4.78, 5) is 15.0. The molecule has 2 N–H and O–H groups in total. The normalized spacial score (nSPS) is 10.7. The van der Waals surface area contributed by atoms with E-state index in [1.807, 2.05) is 45.0 Å². The molecule has 0 aliphatic rings. The second kappa shape index (κ2) is 10.4. The molecule has 0 saturated carbocycles. The minimum absolute atomic E-state index is 0. The van der Waals surface area contributed by atoms with Gasteiger partial charge in [-0.3, -0.25) is 4.79 Å². The van der Waals surface area contributed by atoms with Crippen molar-refractivity contribution < 1.29 is 19.2 Å². The molecule has 0 unspecified atom stereocenters. The second-order valence-corrected chi connectivity index (χ2v) is 7.29. The Hall–Kier alpha value is -2.61. The van der Waals surface area contributed by atoms with Gasteiger partial charge in [0.15, 0.2) is 0 Å². The summed E-state index contributed by atoms with van der Waals surface area (Å²) in [6, 6.07) is 11.1. The van der Waals surface area contributed by atoms with Crippen molar-refractivity contribution in [1.29, 1.82) is 0 Å². The lowest BCUT2D eigenvalue weighted by Crippen LogP contribution is -2.21. The van der Waals surface area contributed by atoms with Crippen molar-refractivity contribution in [2.45, 2.75) is 33.4 Å². The molecule has 0 amide bonds. The molecule has 1 heterocycles. The molecule has 2 aromatic carbocycles. The van der Waals surface area contributed by atoms with Gasteiger partial charge in [0.05, 0.1) is 17.7 Å². The van der Waals surface area contributed by atoms with Crippen LogP contribution in [0.2, 0.25) is 5.02 Å². The largest absolute Gasteiger partial charge is 0.491 e. The van der Waals surface area contributed by atoms with Crippen LogP contribution in [0.5, 0.6) is 5.75 Å². The molecule has 0 bridgehead atoms. The molecule has 0 fully saturated rings. The highest BCUT2D eigenvalue weighted by atomic mass is 35.5. The van der Waals surface area contributed by atoms with Gasteiger partial charge in [0.2, 0.25) is 5.82 Å². The number of hydrogen-bond acceptors (Lipinski definition) is 6. The smallest absolute Gasteiger partial charge is 0.317 e. The highest BCUT2D eigenvalue weighted by Crippen LogP contribution is 2.30. The molecule has 30 heavy (non-hydrogen) atoms. The van der Waals surface area contributed by atoms with Gasteiger partial charge in [0.1, 0.15) is 5.75 Å². The monoisotopic (exact) mass is 451 g/mol. The maximum atomic E-state index is 10.6. The zero-order valence-electron chi connectivity index (χ0n) is 16.8. The van der Waals surface area contributed by atoms with E-state index in [1.165, 1.54) is 0 Å². The van der Waals surface area contributed by atoms with E-state index >= 15 is 0 Å². The molecule has 9 heteroatoms. The van der Waals surface area contributed by atoms with Crippen LogP contribution < -0.4 is 10.1 Å². The number of nitrogens with zero attached hydrogens (tertiary/aromatic N) is 2. The van der Waals surface area contributed by atoms with Gasteiger partial charge < -0.3 is 19.7 Å². The van der Waals surface area contributed by atoms with Crippen LogP contribution in [0, 0.1) is 6.92 Å². The molecule has 160 valence electrons. The number of hydrogen-bond donors (Lipinski definition) is 2. The van der Waals surface area contributed by atoms with E-state index in [2.05, 4.69) is 15.5 Å². The zero-order chi connectivity index (χ0) is 21.0. The van der Waals surface area contributed by atoms with Crippen molar-refractivity contribution in [3.8, 4) is 28.6 Å². The van der Waals surface area contributed by atoms with Gasteiger partial charge in [-0.1, -0.05) is 22.8 Å². The third-order valence-electron chi connectivity index (χ3n) is 4.09. The fourth-order valence-corrected chi connectivity index (χ4v) is 3.07. The van der Waals surface area contributed by atoms with E-state index in [9.17, 15) is 4.79 Å². The lowest BCUT2D eigenvalue weighted by Gasteiger charge is -2.12. The first kappa shape index (κ1) is 23.7. The molecule has 3 aromatic rings. The number of carbonyl (C=O) groups is 1. The highest BCUT2D eigenvalue weighted by Gasteiger charge is 2.15. The number of rotatable bonds is 8. The number of carboxylic acids is 1. The minimum Gasteiger partial charge on any atom is -0.491 e. The Morgan fingerprint density at radius 3 is 2.67 bits per heavy atom. The van der Waals surface area contributed by atoms with Crippen molar-refractivity contribution in [2.24, 2.45) is 0 Å². The Kier molecular flexibility index (Phi) is 8.23. The zero-order valence-corrected chi connectivity index (χ0v) is 18.4. The summed E-state index contributed by atoms with van der Waals surface area (Å²) in [5, 5.41) is 16.0. The van der Waals surface area contributed by atoms with Crippen molar-refractivity contribution in [1.82, 2.24) is 15.5 Å². The number of aryl methyl sites for hydroxylation is 1. The lowest BCUT2D eigenvalue weighted by molar-refractivity contribution is -0.135. The van der Waals surface area contributed by atoms with E-state index in [4.69, 9.17) is 26.0 Å². The maximum Gasteiger partial charge on any atom is 0.317 e. The van der Waals surface area contributed by atoms with Gasteiger partial charge in [0.25, 0.3) is 5.89 Å². The average Bonchev–Trinajstić information content (AvgIpc) is 3.12. The van der Waals surface area contributed by atoms with Crippen molar-refractivity contribution in [3.05, 3.63) is 52.5 Å². The fourth-order valence-electron chi connectivity index (χ4n) is 2.78. The second-order valence-electron chi connectivity index (χ2n) is 6.88. The quantitative estimate of drug-likeness (QED) is 0.509. The molecule has 7 nitrogen and oxygen atoms in total. The molecule has 0 atom stereocenters. The lowest BCUT2D eigenvalue weighted by atomic mass is 10.1. The van der Waals surface area contributed by atoms with Crippen LogP contribution >= 0.6 is 24.0 Å². The van der Waals surface area contributed by atoms with Crippen LogP contribution in [-0.2, 0) is 11.3 Å². The van der Waals surface area contributed by atoms with Crippen molar-refractivity contribution >= 4 is 30.0 Å². The van der Waals surface area contributed by atoms with Gasteiger partial charge in [-0.2, -0.15) is 4.98 Å². The maximum absolute atomic E-state index is 10.6. The summed E-state index contributed by atoms with van der Waals surface area (Å²) in [5.74, 6) is 0.683. The van der Waals surface area contributed by atoms with E-state index in [-0.39, 0.29) is 25.1 Å². The summed E-state index contributed by atoms with van der Waals surface area (Å²) in [7, 11) is 0. The Morgan fingerprint density at radius 1 is 1.27 bits per heavy atom. The van der Waals surface area contributed by atoms with E-state index in [1.54, 1.807) is 12.1 Å². The molecular formula is C21H23Cl2N3O4. The predicted molar refractivity (Wildman–Crippen MR) is 117 cm³/mol. The minimum atomic E-state index is -0.911. The number of ether oxygens (including phenoxy) is 1. The van der Waals surface area contributed by atoms with Gasteiger partial charge in [-0.05, 0) is 62.2 Å². The summed E-state index contributed by atoms with van der Waals surface area (Å²) >= 11 is 6.37. The first-order valence-electron chi connectivity index (χ1n) is 9.16. The topological polar surface area (TPSA) is 97.5 Å². The van der Waals surface area contributed by atoms with E-state index in [0.29, 0.717) is 28.8 Å². The van der Waals surface area contributed by atoms with E-state index < -0.39 is 5.97 Å². The third-order valence-corrected chi connectivity index (χ3v) is 4.40. The van der Waals surface area contributed by atoms with Crippen LogP contribution in [0.15, 0.2) is 40.9 Å². The van der Waals surface area contributed by atoms with E-state index in [0.717, 1.165) is 22.4 Å². The highest BCUT2D eigenvalue weighted by molar-refractivity contribution is 6.33. The summed E-state index contributed by atoms with van der Waals surface area (Å²) in [6.45, 7) is 6.21. The Morgan fingerprint density at radius 2 is 2.03 bits per heavy atom. The summed E-state index contributed by atoms with van der Waals surface area (Å²) in [5.41, 5.74) is 3.27. The van der Waals surface area contributed by atoms with Crippen LogP contribution in [0.3, 0.4) is 0 Å². The molecule has 1 aromatic heterocycles. The Balaban J connectivity index is 0.00000320. The number of carboxylic acid groups (broad SMARTS) is 1. The van der Waals surface area contributed by atoms with Crippen LogP contribution in [0.25, 0.3) is 22.8 Å². The Labute approximate surface area is 185 Å². The average molecular weight is 452 g/mol. The van der Waals surface area contributed by atoms with Gasteiger partial charge in [-0.25, -0.2) is 0 Å². The van der Waals surface area contributed by atoms with Crippen molar-refractivity contribution in [3.63, 3.8) is 0 Å². The SMILES string of the molecule is Cc1cc(-c2nc(-c3ccc(CNCC(=O)O)cc3Cl)no2)ccc1OC(C)C.Cl. The van der Waals surface area contributed by atoms with Gasteiger partial charge in [0, 0.05) is 17.7 Å². The number of nitrogens with one attached hydrogen (secondary N) is 1. The summed E-state index contributed by atoms with van der Waals surface area (Å²) in [6.07, 6.45) is 0.0963. The van der Waals surface area contributed by atoms with Crippen LogP contribution in [0.4, 0.5) is 0 Å². The number of benzene rings is 2. The molecule has 3 rings (SSSR count). The molecule has 0 aliphatic carbocycles. The molecular weight excluding hydrogens is 429 g/mol. The fraction of sp³-hybridized carbons (Fsp3) is 0.286. The van der Waals surface area contributed by atoms with Gasteiger partial charge >= 0.3 is 5.97 Å². The first-order chi connectivity index (χ1) is 13.8. The predicted octanol–water partition coefficient (Wildman–Crippen LogP) is 4.75.